The summed E-state index contributed by atoms with van der Waals surface area (Å²) in [5, 5.41) is 9.65. The molecule has 2 N–H and O–H groups in total. The van der Waals surface area contributed by atoms with Crippen LogP contribution in [0.2, 0.25) is 0 Å². The Morgan fingerprint density at radius 3 is 2.64 bits per heavy atom. The van der Waals surface area contributed by atoms with Crippen molar-refractivity contribution in [1.82, 2.24) is 0 Å². The summed E-state index contributed by atoms with van der Waals surface area (Å²) in [6.45, 7) is 0. The zero-order valence-electron chi connectivity index (χ0n) is 7.01. The first-order valence-corrected chi connectivity index (χ1v) is 4.61. The van der Waals surface area contributed by atoms with Gasteiger partial charge < -0.3 is 5.73 Å². The van der Waals surface area contributed by atoms with Gasteiger partial charge in [-0.3, -0.25) is 0 Å². The average Bonchev–Trinajstić information content (AvgIpc) is 2.51. The molecule has 14 heavy (non-hydrogen) atoms. The van der Waals surface area contributed by atoms with Crippen LogP contribution < -0.4 is 5.73 Å². The highest BCUT2D eigenvalue weighted by Crippen LogP contribution is 2.35. The minimum atomic E-state index is -4.32. The van der Waals surface area contributed by atoms with Crippen LogP contribution in [0.25, 0.3) is 0 Å². The number of halogens is 3. The van der Waals surface area contributed by atoms with E-state index in [1.165, 1.54) is 5.38 Å². The quantitative estimate of drug-likeness (QED) is 0.832. The second-order valence-corrected chi connectivity index (χ2v) is 3.62. The fourth-order valence-corrected chi connectivity index (χ4v) is 1.75. The van der Waals surface area contributed by atoms with Crippen LogP contribution in [0.4, 0.5) is 13.2 Å². The van der Waals surface area contributed by atoms with Crippen LogP contribution in [-0.4, -0.2) is 0 Å². The van der Waals surface area contributed by atoms with Gasteiger partial charge in [0.05, 0.1) is 12.5 Å². The number of hydrogen-bond donors (Lipinski definition) is 1. The molecule has 1 rings (SSSR count). The number of nitrogens with zero attached hydrogens (tertiary/aromatic N) is 1. The maximum atomic E-state index is 12.2. The van der Waals surface area contributed by atoms with Crippen molar-refractivity contribution in [3.8, 4) is 6.07 Å². The standard InChI is InChI=1S/C8H7F3N2S/c9-8(10,11)7-3-5(4-14-7)6(13)1-2-12/h3-4,6H,1,13H2. The molecule has 2 nitrogen and oxygen atoms in total. The molecule has 0 aliphatic carbocycles. The van der Waals surface area contributed by atoms with E-state index in [1.54, 1.807) is 0 Å². The Bertz CT molecular complexity index is 350. The van der Waals surface area contributed by atoms with Gasteiger partial charge in [0.1, 0.15) is 4.88 Å². The molecule has 1 unspecified atom stereocenters. The van der Waals surface area contributed by atoms with E-state index in [9.17, 15) is 13.2 Å². The molecule has 0 saturated heterocycles. The lowest BCUT2D eigenvalue weighted by Crippen LogP contribution is -2.08. The van der Waals surface area contributed by atoms with Gasteiger partial charge in [0.15, 0.2) is 0 Å². The Labute approximate surface area is 82.8 Å². The van der Waals surface area contributed by atoms with Crippen LogP contribution in [0.1, 0.15) is 22.9 Å². The number of hydrogen-bond acceptors (Lipinski definition) is 3. The van der Waals surface area contributed by atoms with Crippen LogP contribution in [0.15, 0.2) is 11.4 Å². The van der Waals surface area contributed by atoms with Gasteiger partial charge in [-0.2, -0.15) is 18.4 Å². The number of nitriles is 1. The van der Waals surface area contributed by atoms with Crippen molar-refractivity contribution in [3.63, 3.8) is 0 Å². The van der Waals surface area contributed by atoms with Gasteiger partial charge in [0.2, 0.25) is 0 Å². The Morgan fingerprint density at radius 2 is 2.21 bits per heavy atom. The summed E-state index contributed by atoms with van der Waals surface area (Å²) in [7, 11) is 0. The first-order chi connectivity index (χ1) is 6.45. The third-order valence-corrected chi connectivity index (χ3v) is 2.63. The zero-order chi connectivity index (χ0) is 10.8. The Morgan fingerprint density at radius 1 is 1.57 bits per heavy atom. The number of rotatable bonds is 2. The molecule has 0 spiro atoms. The van der Waals surface area contributed by atoms with Gasteiger partial charge in [0.25, 0.3) is 0 Å². The molecule has 0 fully saturated rings. The van der Waals surface area contributed by atoms with Gasteiger partial charge in [-0.25, -0.2) is 0 Å². The van der Waals surface area contributed by atoms with Gasteiger partial charge in [-0.15, -0.1) is 11.3 Å². The third-order valence-electron chi connectivity index (χ3n) is 1.64. The molecule has 0 saturated carbocycles. The first-order valence-electron chi connectivity index (χ1n) is 3.73. The topological polar surface area (TPSA) is 49.8 Å². The molecule has 1 atom stereocenters. The minimum absolute atomic E-state index is 0.0219. The van der Waals surface area contributed by atoms with Crippen molar-refractivity contribution in [1.29, 1.82) is 5.26 Å². The maximum absolute atomic E-state index is 12.2. The molecule has 0 aliphatic heterocycles. The molecule has 0 radical (unpaired) electrons. The highest BCUT2D eigenvalue weighted by Gasteiger charge is 2.32. The molecule has 6 heteroatoms. The number of thiophene rings is 1. The van der Waals surface area contributed by atoms with Gasteiger partial charge in [0, 0.05) is 6.04 Å². The summed E-state index contributed by atoms with van der Waals surface area (Å²) in [6, 6.07) is 2.17. The second kappa shape index (κ2) is 3.98. The van der Waals surface area contributed by atoms with E-state index in [2.05, 4.69) is 0 Å². The Hall–Kier alpha value is -1.06. The zero-order valence-corrected chi connectivity index (χ0v) is 7.82. The van der Waals surface area contributed by atoms with Crippen LogP contribution in [0, 0.1) is 11.3 Å². The van der Waals surface area contributed by atoms with E-state index in [4.69, 9.17) is 11.0 Å². The van der Waals surface area contributed by atoms with Gasteiger partial charge >= 0.3 is 6.18 Å². The molecule has 0 aliphatic rings. The Kier molecular flexibility index (Phi) is 3.13. The second-order valence-electron chi connectivity index (χ2n) is 2.71. The fourth-order valence-electron chi connectivity index (χ4n) is 0.910. The summed E-state index contributed by atoms with van der Waals surface area (Å²) in [6.07, 6.45) is -4.30. The summed E-state index contributed by atoms with van der Waals surface area (Å²) in [5.41, 5.74) is 5.84. The lowest BCUT2D eigenvalue weighted by Gasteiger charge is -2.03. The highest BCUT2D eigenvalue weighted by atomic mass is 32.1. The van der Waals surface area contributed by atoms with Crippen molar-refractivity contribution in [2.75, 3.05) is 0 Å². The summed E-state index contributed by atoms with van der Waals surface area (Å²) in [5.74, 6) is 0. The Balaban J connectivity index is 2.84. The van der Waals surface area contributed by atoms with E-state index < -0.39 is 17.1 Å². The van der Waals surface area contributed by atoms with E-state index >= 15 is 0 Å². The SMILES string of the molecule is N#CCC(N)c1csc(C(F)(F)F)c1. The largest absolute Gasteiger partial charge is 0.425 e. The van der Waals surface area contributed by atoms with E-state index in [-0.39, 0.29) is 6.42 Å². The monoisotopic (exact) mass is 220 g/mol. The molecule has 0 amide bonds. The molecular weight excluding hydrogens is 213 g/mol. The summed E-state index contributed by atoms with van der Waals surface area (Å²) < 4.78 is 36.5. The summed E-state index contributed by atoms with van der Waals surface area (Å²) in [4.78, 5) is -0.680. The highest BCUT2D eigenvalue weighted by molar-refractivity contribution is 7.10. The predicted octanol–water partition coefficient (Wildman–Crippen LogP) is 2.68. The molecular formula is C8H7F3N2S. The van der Waals surface area contributed by atoms with E-state index in [0.717, 1.165) is 6.07 Å². The maximum Gasteiger partial charge on any atom is 0.425 e. The normalized spacial score (nSPS) is 13.6. The third kappa shape index (κ3) is 2.47. The van der Waals surface area contributed by atoms with Crippen LogP contribution >= 0.6 is 11.3 Å². The molecule has 0 aromatic carbocycles. The molecule has 1 aromatic rings. The van der Waals surface area contributed by atoms with Crippen molar-refractivity contribution >= 4 is 11.3 Å². The van der Waals surface area contributed by atoms with Crippen molar-refractivity contribution < 1.29 is 13.2 Å². The van der Waals surface area contributed by atoms with Crippen LogP contribution in [0.5, 0.6) is 0 Å². The van der Waals surface area contributed by atoms with Gasteiger partial charge in [-0.1, -0.05) is 0 Å². The number of alkyl halides is 3. The van der Waals surface area contributed by atoms with E-state index in [0.29, 0.717) is 16.9 Å². The molecule has 1 heterocycles. The lowest BCUT2D eigenvalue weighted by atomic mass is 10.1. The molecule has 1 aromatic heterocycles. The molecule has 76 valence electrons. The van der Waals surface area contributed by atoms with Crippen molar-refractivity contribution in [3.05, 3.63) is 21.9 Å². The predicted molar refractivity (Wildman–Crippen MR) is 46.5 cm³/mol. The fraction of sp³-hybridized carbons (Fsp3) is 0.375. The van der Waals surface area contributed by atoms with Crippen molar-refractivity contribution in [2.45, 2.75) is 18.6 Å². The lowest BCUT2D eigenvalue weighted by molar-refractivity contribution is -0.134. The van der Waals surface area contributed by atoms with Crippen molar-refractivity contribution in [2.24, 2.45) is 5.73 Å². The summed E-state index contributed by atoms with van der Waals surface area (Å²) >= 11 is 0.596. The van der Waals surface area contributed by atoms with Crippen LogP contribution in [-0.2, 0) is 6.18 Å². The van der Waals surface area contributed by atoms with Gasteiger partial charge in [-0.05, 0) is 17.0 Å². The first kappa shape index (κ1) is 11.0. The minimum Gasteiger partial charge on any atom is -0.323 e. The smallest absolute Gasteiger partial charge is 0.323 e. The van der Waals surface area contributed by atoms with Crippen LogP contribution in [0.3, 0.4) is 0 Å². The average molecular weight is 220 g/mol. The number of nitrogens with two attached hydrogens (primary N) is 1. The van der Waals surface area contributed by atoms with E-state index in [1.807, 2.05) is 6.07 Å². The molecule has 0 bridgehead atoms.